The van der Waals surface area contributed by atoms with Crippen molar-refractivity contribution in [1.82, 2.24) is 20.2 Å². The normalized spacial score (nSPS) is 10.7. The fourth-order valence-electron chi connectivity index (χ4n) is 1.60. The standard InChI is InChI=1S/C12H10N4OS/c1-18-12-14-9(8-4-5-13-16-8)7-10(15-12)11-3-2-6-17-11/h2-7H,1H3,(H,13,16). The average molecular weight is 258 g/mol. The maximum Gasteiger partial charge on any atom is 0.188 e. The summed E-state index contributed by atoms with van der Waals surface area (Å²) in [6, 6.07) is 7.47. The summed E-state index contributed by atoms with van der Waals surface area (Å²) in [7, 11) is 0. The molecule has 0 aliphatic heterocycles. The van der Waals surface area contributed by atoms with Crippen LogP contribution in [0.25, 0.3) is 22.8 Å². The third-order valence-corrected chi connectivity index (χ3v) is 2.99. The van der Waals surface area contributed by atoms with Crippen LogP contribution in [0.3, 0.4) is 0 Å². The van der Waals surface area contributed by atoms with Crippen LogP contribution >= 0.6 is 11.8 Å². The predicted molar refractivity (Wildman–Crippen MR) is 69.1 cm³/mol. The Labute approximate surface area is 108 Å². The minimum Gasteiger partial charge on any atom is -0.463 e. The second-order valence-electron chi connectivity index (χ2n) is 3.57. The molecule has 5 nitrogen and oxygen atoms in total. The van der Waals surface area contributed by atoms with Crippen LogP contribution in [0.5, 0.6) is 0 Å². The Kier molecular flexibility index (Phi) is 2.85. The zero-order valence-corrected chi connectivity index (χ0v) is 10.4. The summed E-state index contributed by atoms with van der Waals surface area (Å²) in [5, 5.41) is 7.53. The van der Waals surface area contributed by atoms with Crippen molar-refractivity contribution >= 4 is 11.8 Å². The van der Waals surface area contributed by atoms with Gasteiger partial charge in [-0.05, 0) is 30.5 Å². The molecular formula is C12H10N4OS. The van der Waals surface area contributed by atoms with Crippen molar-refractivity contribution in [2.75, 3.05) is 6.26 Å². The first kappa shape index (κ1) is 11.0. The van der Waals surface area contributed by atoms with Gasteiger partial charge in [-0.15, -0.1) is 0 Å². The number of furan rings is 1. The average Bonchev–Trinajstić information content (AvgIpc) is 3.10. The smallest absolute Gasteiger partial charge is 0.188 e. The Morgan fingerprint density at radius 3 is 2.78 bits per heavy atom. The van der Waals surface area contributed by atoms with Crippen molar-refractivity contribution in [2.24, 2.45) is 0 Å². The number of nitrogens with zero attached hydrogens (tertiary/aromatic N) is 3. The topological polar surface area (TPSA) is 67.6 Å². The van der Waals surface area contributed by atoms with Crippen LogP contribution in [0.1, 0.15) is 0 Å². The number of H-pyrrole nitrogens is 1. The highest BCUT2D eigenvalue weighted by Gasteiger charge is 2.10. The summed E-state index contributed by atoms with van der Waals surface area (Å²) in [6.45, 7) is 0. The fraction of sp³-hybridized carbons (Fsp3) is 0.0833. The minimum atomic E-state index is 0.702. The highest BCUT2D eigenvalue weighted by molar-refractivity contribution is 7.98. The van der Waals surface area contributed by atoms with Gasteiger partial charge in [0.05, 0.1) is 17.7 Å². The Morgan fingerprint density at radius 2 is 2.11 bits per heavy atom. The van der Waals surface area contributed by atoms with Crippen LogP contribution in [0.2, 0.25) is 0 Å². The van der Waals surface area contributed by atoms with Gasteiger partial charge in [0, 0.05) is 6.20 Å². The van der Waals surface area contributed by atoms with E-state index in [-0.39, 0.29) is 0 Å². The third kappa shape index (κ3) is 2.02. The predicted octanol–water partition coefficient (Wildman–Crippen LogP) is 2.85. The number of nitrogens with one attached hydrogen (secondary N) is 1. The maximum absolute atomic E-state index is 5.37. The summed E-state index contributed by atoms with van der Waals surface area (Å²) in [5.41, 5.74) is 2.43. The van der Waals surface area contributed by atoms with Crippen LogP contribution in [-0.2, 0) is 0 Å². The lowest BCUT2D eigenvalue weighted by Crippen LogP contribution is -1.93. The van der Waals surface area contributed by atoms with E-state index in [1.807, 2.05) is 30.5 Å². The summed E-state index contributed by atoms with van der Waals surface area (Å²) >= 11 is 1.49. The Hall–Kier alpha value is -2.08. The Balaban J connectivity index is 2.13. The van der Waals surface area contributed by atoms with Gasteiger partial charge >= 0.3 is 0 Å². The monoisotopic (exact) mass is 258 g/mol. The van der Waals surface area contributed by atoms with E-state index in [1.54, 1.807) is 12.5 Å². The molecule has 0 fully saturated rings. The molecule has 18 heavy (non-hydrogen) atoms. The van der Waals surface area contributed by atoms with Gasteiger partial charge in [-0.25, -0.2) is 9.97 Å². The van der Waals surface area contributed by atoms with E-state index in [2.05, 4.69) is 20.2 Å². The van der Waals surface area contributed by atoms with E-state index in [1.165, 1.54) is 11.8 Å². The number of thioether (sulfide) groups is 1. The molecule has 0 unspecified atom stereocenters. The summed E-state index contributed by atoms with van der Waals surface area (Å²) < 4.78 is 5.37. The Morgan fingerprint density at radius 1 is 1.22 bits per heavy atom. The van der Waals surface area contributed by atoms with Crippen LogP contribution in [0.4, 0.5) is 0 Å². The highest BCUT2D eigenvalue weighted by atomic mass is 32.2. The lowest BCUT2D eigenvalue weighted by atomic mass is 10.2. The van der Waals surface area contributed by atoms with E-state index in [4.69, 9.17) is 4.42 Å². The van der Waals surface area contributed by atoms with E-state index < -0.39 is 0 Å². The minimum absolute atomic E-state index is 0.702. The molecule has 3 heterocycles. The van der Waals surface area contributed by atoms with Gasteiger partial charge in [0.1, 0.15) is 5.69 Å². The number of hydrogen-bond donors (Lipinski definition) is 1. The van der Waals surface area contributed by atoms with Crippen LogP contribution < -0.4 is 0 Å². The van der Waals surface area contributed by atoms with Crippen LogP contribution in [-0.4, -0.2) is 26.4 Å². The van der Waals surface area contributed by atoms with E-state index in [9.17, 15) is 0 Å². The van der Waals surface area contributed by atoms with Gasteiger partial charge in [0.2, 0.25) is 0 Å². The summed E-state index contributed by atoms with van der Waals surface area (Å²) in [5.74, 6) is 0.730. The SMILES string of the molecule is CSc1nc(-c2ccn[nH]2)cc(-c2ccco2)n1. The van der Waals surface area contributed by atoms with Crippen molar-refractivity contribution in [3.63, 3.8) is 0 Å². The van der Waals surface area contributed by atoms with Gasteiger partial charge in [-0.2, -0.15) is 5.10 Å². The lowest BCUT2D eigenvalue weighted by Gasteiger charge is -2.03. The molecule has 3 aromatic heterocycles. The van der Waals surface area contributed by atoms with Crippen molar-refractivity contribution in [2.45, 2.75) is 5.16 Å². The fourth-order valence-corrected chi connectivity index (χ4v) is 1.98. The molecule has 3 rings (SSSR count). The van der Waals surface area contributed by atoms with Gasteiger partial charge in [-0.1, -0.05) is 11.8 Å². The molecule has 0 aliphatic carbocycles. The largest absolute Gasteiger partial charge is 0.463 e. The van der Waals surface area contributed by atoms with Crippen molar-refractivity contribution < 1.29 is 4.42 Å². The molecule has 0 radical (unpaired) electrons. The van der Waals surface area contributed by atoms with Gasteiger partial charge < -0.3 is 4.42 Å². The third-order valence-electron chi connectivity index (χ3n) is 2.44. The lowest BCUT2D eigenvalue weighted by molar-refractivity contribution is 0.579. The van der Waals surface area contributed by atoms with Crippen molar-refractivity contribution in [3.05, 3.63) is 36.7 Å². The number of aromatic amines is 1. The van der Waals surface area contributed by atoms with Gasteiger partial charge in [-0.3, -0.25) is 5.10 Å². The second kappa shape index (κ2) is 4.66. The molecule has 0 saturated carbocycles. The highest BCUT2D eigenvalue weighted by Crippen LogP contribution is 2.25. The van der Waals surface area contributed by atoms with Gasteiger partial charge in [0.15, 0.2) is 10.9 Å². The van der Waals surface area contributed by atoms with Crippen LogP contribution in [0.15, 0.2) is 46.3 Å². The van der Waals surface area contributed by atoms with E-state index in [0.717, 1.165) is 22.8 Å². The van der Waals surface area contributed by atoms with Crippen molar-refractivity contribution in [1.29, 1.82) is 0 Å². The molecule has 0 aliphatic rings. The molecule has 0 bridgehead atoms. The molecule has 1 N–H and O–H groups in total. The molecule has 0 amide bonds. The molecule has 0 spiro atoms. The first-order chi connectivity index (χ1) is 8.86. The zero-order chi connectivity index (χ0) is 12.4. The van der Waals surface area contributed by atoms with Crippen molar-refractivity contribution in [3.8, 4) is 22.8 Å². The molecule has 0 atom stereocenters. The van der Waals surface area contributed by atoms with E-state index >= 15 is 0 Å². The summed E-state index contributed by atoms with van der Waals surface area (Å²) in [4.78, 5) is 8.87. The zero-order valence-electron chi connectivity index (χ0n) is 9.62. The molecule has 0 saturated heterocycles. The van der Waals surface area contributed by atoms with E-state index in [0.29, 0.717) is 5.16 Å². The number of hydrogen-bond acceptors (Lipinski definition) is 5. The first-order valence-electron chi connectivity index (χ1n) is 5.33. The van der Waals surface area contributed by atoms with Gasteiger partial charge in [0.25, 0.3) is 0 Å². The molecular weight excluding hydrogens is 248 g/mol. The molecule has 6 heteroatoms. The van der Waals surface area contributed by atoms with Crippen LogP contribution in [0, 0.1) is 0 Å². The number of aromatic nitrogens is 4. The first-order valence-corrected chi connectivity index (χ1v) is 6.56. The summed E-state index contributed by atoms with van der Waals surface area (Å²) in [6.07, 6.45) is 5.27. The molecule has 3 aromatic rings. The maximum atomic E-state index is 5.37. The second-order valence-corrected chi connectivity index (χ2v) is 4.35. The quantitative estimate of drug-likeness (QED) is 0.578. The molecule has 0 aromatic carbocycles. The molecule has 90 valence electrons. The Bertz CT molecular complexity index is 582. The number of rotatable bonds is 3.